The van der Waals surface area contributed by atoms with Crippen molar-refractivity contribution < 1.29 is 13.2 Å². The molecule has 1 N–H and O–H groups in total. The van der Waals surface area contributed by atoms with Gasteiger partial charge in [0.05, 0.1) is 11.5 Å². The Hall–Kier alpha value is -2.96. The molecule has 5 rings (SSSR count). The summed E-state index contributed by atoms with van der Waals surface area (Å²) in [6.07, 6.45) is 0.862. The first kappa shape index (κ1) is 20.0. The van der Waals surface area contributed by atoms with E-state index < -0.39 is 15.9 Å². The van der Waals surface area contributed by atoms with Gasteiger partial charge in [0.15, 0.2) is 9.84 Å². The van der Waals surface area contributed by atoms with Gasteiger partial charge in [-0.1, -0.05) is 60.7 Å². The number of nitrogens with one attached hydrogen (secondary N) is 1. The topological polar surface area (TPSA) is 66.5 Å². The molecule has 1 unspecified atom stereocenters. The van der Waals surface area contributed by atoms with Gasteiger partial charge < -0.3 is 5.32 Å². The van der Waals surface area contributed by atoms with Crippen molar-refractivity contribution in [2.75, 3.05) is 29.9 Å². The van der Waals surface area contributed by atoms with E-state index in [4.69, 9.17) is 0 Å². The van der Waals surface area contributed by atoms with E-state index in [-0.39, 0.29) is 17.4 Å². The molecular weight excluding hydrogens is 408 g/mol. The summed E-state index contributed by atoms with van der Waals surface area (Å²) < 4.78 is 23.8. The Labute approximate surface area is 182 Å². The lowest BCUT2D eigenvalue weighted by atomic mass is 10.0. The minimum absolute atomic E-state index is 0.0840. The van der Waals surface area contributed by atoms with Crippen molar-refractivity contribution in [3.8, 4) is 11.1 Å². The molecule has 3 aromatic carbocycles. The number of carbonyl (C=O) groups is 1. The molecule has 0 radical (unpaired) electrons. The molecule has 0 aromatic heterocycles. The van der Waals surface area contributed by atoms with Gasteiger partial charge in [0.25, 0.3) is 0 Å². The Morgan fingerprint density at radius 3 is 2.29 bits per heavy atom. The lowest BCUT2D eigenvalue weighted by molar-refractivity contribution is -0.121. The monoisotopic (exact) mass is 432 g/mol. The third-order valence-electron chi connectivity index (χ3n) is 6.17. The van der Waals surface area contributed by atoms with Crippen LogP contribution < -0.4 is 5.32 Å². The SMILES string of the molecule is O=C(Nc1ccc2c(c1)Cc1ccccc1-2)C(c1ccccc1)N1CCS(=O)(=O)CC1. The Bertz CT molecular complexity index is 1220. The lowest BCUT2D eigenvalue weighted by Gasteiger charge is -2.33. The van der Waals surface area contributed by atoms with Crippen molar-refractivity contribution >= 4 is 21.4 Å². The number of hydrogen-bond acceptors (Lipinski definition) is 4. The number of rotatable bonds is 4. The molecule has 1 heterocycles. The number of amides is 1. The molecule has 0 spiro atoms. The molecule has 158 valence electrons. The molecule has 2 aliphatic rings. The highest BCUT2D eigenvalue weighted by molar-refractivity contribution is 7.91. The number of hydrogen-bond donors (Lipinski definition) is 1. The molecule has 31 heavy (non-hydrogen) atoms. The predicted octanol–water partition coefficient (Wildman–Crippen LogP) is 3.67. The molecule has 0 bridgehead atoms. The average Bonchev–Trinajstić information content (AvgIpc) is 3.13. The summed E-state index contributed by atoms with van der Waals surface area (Å²) in [5.74, 6) is 0.0301. The number of carbonyl (C=O) groups excluding carboxylic acids is 1. The van der Waals surface area contributed by atoms with Crippen molar-refractivity contribution in [1.29, 1.82) is 0 Å². The maximum atomic E-state index is 13.4. The Kier molecular flexibility index (Phi) is 5.12. The van der Waals surface area contributed by atoms with Gasteiger partial charge in [-0.2, -0.15) is 0 Å². The fourth-order valence-corrected chi connectivity index (χ4v) is 5.81. The minimum atomic E-state index is -3.02. The van der Waals surface area contributed by atoms with Gasteiger partial charge in [0.1, 0.15) is 6.04 Å². The van der Waals surface area contributed by atoms with Crippen LogP contribution in [0.3, 0.4) is 0 Å². The van der Waals surface area contributed by atoms with E-state index >= 15 is 0 Å². The quantitative estimate of drug-likeness (QED) is 0.534. The van der Waals surface area contributed by atoms with Gasteiger partial charge in [-0.15, -0.1) is 0 Å². The van der Waals surface area contributed by atoms with E-state index in [9.17, 15) is 13.2 Å². The molecule has 1 aliphatic heterocycles. The standard InChI is InChI=1S/C25H24N2O3S/c28-25(24(18-6-2-1-3-7-18)27-12-14-31(29,30)15-13-27)26-21-10-11-23-20(17-21)16-19-8-4-5-9-22(19)23/h1-11,17,24H,12-16H2,(H,26,28). The van der Waals surface area contributed by atoms with Crippen LogP contribution in [0.4, 0.5) is 5.69 Å². The fraction of sp³-hybridized carbons (Fsp3) is 0.240. The van der Waals surface area contributed by atoms with Crippen LogP contribution >= 0.6 is 0 Å². The van der Waals surface area contributed by atoms with E-state index in [1.807, 2.05) is 47.4 Å². The minimum Gasteiger partial charge on any atom is -0.324 e. The van der Waals surface area contributed by atoms with Crippen LogP contribution in [0.15, 0.2) is 72.8 Å². The van der Waals surface area contributed by atoms with Crippen LogP contribution in [0.5, 0.6) is 0 Å². The highest BCUT2D eigenvalue weighted by atomic mass is 32.2. The Morgan fingerprint density at radius 2 is 1.52 bits per heavy atom. The molecule has 3 aromatic rings. The molecular formula is C25H24N2O3S. The molecule has 1 atom stereocenters. The summed E-state index contributed by atoms with van der Waals surface area (Å²) in [6.45, 7) is 0.712. The Morgan fingerprint density at radius 1 is 0.839 bits per heavy atom. The summed E-state index contributed by atoms with van der Waals surface area (Å²) in [4.78, 5) is 15.4. The molecule has 1 aliphatic carbocycles. The van der Waals surface area contributed by atoms with Crippen molar-refractivity contribution in [2.45, 2.75) is 12.5 Å². The second-order valence-electron chi connectivity index (χ2n) is 8.20. The van der Waals surface area contributed by atoms with Gasteiger partial charge in [0.2, 0.25) is 5.91 Å². The van der Waals surface area contributed by atoms with Crippen molar-refractivity contribution in [3.05, 3.63) is 89.5 Å². The third-order valence-corrected chi connectivity index (χ3v) is 7.78. The molecule has 1 saturated heterocycles. The van der Waals surface area contributed by atoms with E-state index in [1.165, 1.54) is 22.3 Å². The maximum Gasteiger partial charge on any atom is 0.246 e. The molecule has 1 amide bonds. The molecule has 0 saturated carbocycles. The predicted molar refractivity (Wildman–Crippen MR) is 123 cm³/mol. The van der Waals surface area contributed by atoms with Crippen LogP contribution in [-0.4, -0.2) is 43.8 Å². The third kappa shape index (κ3) is 4.01. The van der Waals surface area contributed by atoms with E-state index in [2.05, 4.69) is 35.6 Å². The zero-order chi connectivity index (χ0) is 21.4. The zero-order valence-corrected chi connectivity index (χ0v) is 17.9. The number of fused-ring (bicyclic) bond motifs is 3. The number of anilines is 1. The van der Waals surface area contributed by atoms with E-state index in [0.717, 1.165) is 17.7 Å². The summed E-state index contributed by atoms with van der Waals surface area (Å²) in [5, 5.41) is 3.08. The van der Waals surface area contributed by atoms with Crippen LogP contribution in [0.1, 0.15) is 22.7 Å². The zero-order valence-electron chi connectivity index (χ0n) is 17.1. The van der Waals surface area contributed by atoms with Crippen molar-refractivity contribution in [1.82, 2.24) is 4.90 Å². The molecule has 6 heteroatoms. The summed E-state index contributed by atoms with van der Waals surface area (Å²) in [6, 6.07) is 23.5. The highest BCUT2D eigenvalue weighted by Gasteiger charge is 2.32. The van der Waals surface area contributed by atoms with Crippen molar-refractivity contribution in [3.63, 3.8) is 0 Å². The summed E-state index contributed by atoms with van der Waals surface area (Å²) >= 11 is 0. The van der Waals surface area contributed by atoms with Crippen molar-refractivity contribution in [2.24, 2.45) is 0 Å². The van der Waals surface area contributed by atoms with E-state index in [0.29, 0.717) is 13.1 Å². The largest absolute Gasteiger partial charge is 0.324 e. The van der Waals surface area contributed by atoms with Crippen LogP contribution in [0.2, 0.25) is 0 Å². The van der Waals surface area contributed by atoms with Gasteiger partial charge in [-0.05, 0) is 46.4 Å². The van der Waals surface area contributed by atoms with Crippen LogP contribution in [-0.2, 0) is 21.1 Å². The first-order valence-corrected chi connectivity index (χ1v) is 12.3. The maximum absolute atomic E-state index is 13.4. The normalized spacial score (nSPS) is 18.1. The Balaban J connectivity index is 1.40. The number of benzene rings is 3. The number of sulfone groups is 1. The van der Waals surface area contributed by atoms with Gasteiger partial charge >= 0.3 is 0 Å². The first-order chi connectivity index (χ1) is 15.0. The van der Waals surface area contributed by atoms with Crippen LogP contribution in [0, 0.1) is 0 Å². The fourth-order valence-electron chi connectivity index (χ4n) is 4.58. The second-order valence-corrected chi connectivity index (χ2v) is 10.5. The van der Waals surface area contributed by atoms with Gasteiger partial charge in [-0.3, -0.25) is 9.69 Å². The average molecular weight is 433 g/mol. The first-order valence-electron chi connectivity index (χ1n) is 10.5. The van der Waals surface area contributed by atoms with Gasteiger partial charge in [-0.25, -0.2) is 8.42 Å². The highest BCUT2D eigenvalue weighted by Crippen LogP contribution is 2.37. The smallest absolute Gasteiger partial charge is 0.246 e. The molecule has 1 fully saturated rings. The lowest BCUT2D eigenvalue weighted by Crippen LogP contribution is -2.46. The second kappa shape index (κ2) is 7.94. The van der Waals surface area contributed by atoms with Crippen LogP contribution in [0.25, 0.3) is 11.1 Å². The summed E-state index contributed by atoms with van der Waals surface area (Å²) in [5.41, 5.74) is 6.62. The number of nitrogens with zero attached hydrogens (tertiary/aromatic N) is 1. The summed E-state index contributed by atoms with van der Waals surface area (Å²) in [7, 11) is -3.02. The van der Waals surface area contributed by atoms with E-state index in [1.54, 1.807) is 0 Å². The molecule has 5 nitrogen and oxygen atoms in total. The van der Waals surface area contributed by atoms with Gasteiger partial charge in [0, 0.05) is 18.8 Å².